The van der Waals surface area contributed by atoms with Crippen molar-refractivity contribution < 1.29 is 14.3 Å². The molecule has 0 spiro atoms. The summed E-state index contributed by atoms with van der Waals surface area (Å²) < 4.78 is 5.13. The molecule has 114 valence electrons. The summed E-state index contributed by atoms with van der Waals surface area (Å²) in [6, 6.07) is 15.3. The van der Waals surface area contributed by atoms with E-state index in [1.165, 1.54) is 0 Å². The number of ether oxygens (including phenoxy) is 1. The summed E-state index contributed by atoms with van der Waals surface area (Å²) in [6.45, 7) is 5.90. The molecular formula is C19H20O3. The SMILES string of the molecule is CCOC(=O)C(C)(C)c1ccc(-c2ccc(C=O)cc2)cc1. The van der Waals surface area contributed by atoms with E-state index in [1.807, 2.05) is 50.2 Å². The summed E-state index contributed by atoms with van der Waals surface area (Å²) in [5.41, 5.74) is 2.98. The molecule has 0 atom stereocenters. The van der Waals surface area contributed by atoms with Crippen molar-refractivity contribution in [3.63, 3.8) is 0 Å². The second-order valence-electron chi connectivity index (χ2n) is 5.66. The highest BCUT2D eigenvalue weighted by molar-refractivity contribution is 5.82. The molecule has 0 aliphatic rings. The smallest absolute Gasteiger partial charge is 0.315 e. The van der Waals surface area contributed by atoms with Gasteiger partial charge in [0.15, 0.2) is 0 Å². The van der Waals surface area contributed by atoms with Crippen molar-refractivity contribution in [3.05, 3.63) is 59.7 Å². The molecule has 3 nitrogen and oxygen atoms in total. The minimum atomic E-state index is -0.671. The van der Waals surface area contributed by atoms with Crippen LogP contribution in [0.15, 0.2) is 48.5 Å². The van der Waals surface area contributed by atoms with E-state index in [0.717, 1.165) is 23.0 Å². The normalized spacial score (nSPS) is 11.0. The predicted molar refractivity (Wildman–Crippen MR) is 86.9 cm³/mol. The van der Waals surface area contributed by atoms with E-state index in [9.17, 15) is 9.59 Å². The summed E-state index contributed by atoms with van der Waals surface area (Å²) in [6.07, 6.45) is 0.828. The molecule has 0 fully saturated rings. The molecule has 22 heavy (non-hydrogen) atoms. The van der Waals surface area contributed by atoms with Crippen LogP contribution < -0.4 is 0 Å². The molecule has 0 bridgehead atoms. The van der Waals surface area contributed by atoms with E-state index in [-0.39, 0.29) is 5.97 Å². The molecule has 2 rings (SSSR count). The molecule has 0 aliphatic carbocycles. The Morgan fingerprint density at radius 1 is 1.00 bits per heavy atom. The number of hydrogen-bond donors (Lipinski definition) is 0. The van der Waals surface area contributed by atoms with Crippen molar-refractivity contribution in [1.82, 2.24) is 0 Å². The summed E-state index contributed by atoms with van der Waals surface area (Å²) in [5, 5.41) is 0. The van der Waals surface area contributed by atoms with Crippen LogP contribution in [0.2, 0.25) is 0 Å². The lowest BCUT2D eigenvalue weighted by atomic mass is 9.84. The topological polar surface area (TPSA) is 43.4 Å². The van der Waals surface area contributed by atoms with E-state index >= 15 is 0 Å². The summed E-state index contributed by atoms with van der Waals surface area (Å²) in [5.74, 6) is -0.224. The fourth-order valence-electron chi connectivity index (χ4n) is 2.26. The third-order valence-electron chi connectivity index (χ3n) is 3.77. The van der Waals surface area contributed by atoms with Gasteiger partial charge >= 0.3 is 5.97 Å². The number of hydrogen-bond acceptors (Lipinski definition) is 3. The van der Waals surface area contributed by atoms with Crippen LogP contribution in [0.3, 0.4) is 0 Å². The van der Waals surface area contributed by atoms with Gasteiger partial charge in [-0.25, -0.2) is 0 Å². The Balaban J connectivity index is 2.25. The lowest BCUT2D eigenvalue weighted by molar-refractivity contribution is -0.148. The lowest BCUT2D eigenvalue weighted by Gasteiger charge is -2.23. The van der Waals surface area contributed by atoms with Gasteiger partial charge in [-0.2, -0.15) is 0 Å². The maximum Gasteiger partial charge on any atom is 0.315 e. The average Bonchev–Trinajstić information content (AvgIpc) is 2.55. The predicted octanol–water partition coefficient (Wildman–Crippen LogP) is 4.01. The van der Waals surface area contributed by atoms with Gasteiger partial charge in [-0.1, -0.05) is 48.5 Å². The molecule has 0 amide bonds. The molecule has 0 N–H and O–H groups in total. The van der Waals surface area contributed by atoms with Gasteiger partial charge in [-0.05, 0) is 37.5 Å². The Morgan fingerprint density at radius 3 is 1.95 bits per heavy atom. The fraction of sp³-hybridized carbons (Fsp3) is 0.263. The van der Waals surface area contributed by atoms with Crippen molar-refractivity contribution >= 4 is 12.3 Å². The van der Waals surface area contributed by atoms with E-state index in [0.29, 0.717) is 12.2 Å². The van der Waals surface area contributed by atoms with Crippen LogP contribution in [0, 0.1) is 0 Å². The fourth-order valence-corrected chi connectivity index (χ4v) is 2.26. The van der Waals surface area contributed by atoms with Gasteiger partial charge in [0, 0.05) is 5.56 Å². The van der Waals surface area contributed by atoms with E-state index in [4.69, 9.17) is 4.74 Å². The van der Waals surface area contributed by atoms with Crippen LogP contribution in [-0.4, -0.2) is 18.9 Å². The summed E-state index contributed by atoms with van der Waals surface area (Å²) in [7, 11) is 0. The van der Waals surface area contributed by atoms with Crippen molar-refractivity contribution in [2.24, 2.45) is 0 Å². The van der Waals surface area contributed by atoms with Gasteiger partial charge < -0.3 is 4.74 Å². The number of aldehydes is 1. The summed E-state index contributed by atoms with van der Waals surface area (Å²) in [4.78, 5) is 22.7. The first-order valence-electron chi connectivity index (χ1n) is 7.32. The van der Waals surface area contributed by atoms with Crippen LogP contribution in [0.1, 0.15) is 36.7 Å². The van der Waals surface area contributed by atoms with Gasteiger partial charge in [-0.15, -0.1) is 0 Å². The number of carbonyl (C=O) groups is 2. The van der Waals surface area contributed by atoms with Crippen molar-refractivity contribution in [1.29, 1.82) is 0 Å². The van der Waals surface area contributed by atoms with Crippen molar-refractivity contribution in [3.8, 4) is 11.1 Å². The standard InChI is InChI=1S/C19H20O3/c1-4-22-18(21)19(2,3)17-11-9-16(10-12-17)15-7-5-14(13-20)6-8-15/h5-13H,4H2,1-3H3. The van der Waals surface area contributed by atoms with E-state index in [2.05, 4.69) is 0 Å². The minimum Gasteiger partial charge on any atom is -0.465 e. The molecule has 0 heterocycles. The highest BCUT2D eigenvalue weighted by Gasteiger charge is 2.31. The molecule has 0 saturated carbocycles. The highest BCUT2D eigenvalue weighted by Crippen LogP contribution is 2.28. The molecular weight excluding hydrogens is 276 g/mol. The molecule has 2 aromatic rings. The monoisotopic (exact) mass is 296 g/mol. The molecule has 0 aromatic heterocycles. The first-order chi connectivity index (χ1) is 10.5. The Bertz CT molecular complexity index is 652. The Morgan fingerprint density at radius 2 is 1.50 bits per heavy atom. The van der Waals surface area contributed by atoms with Crippen molar-refractivity contribution in [2.75, 3.05) is 6.61 Å². The average molecular weight is 296 g/mol. The second-order valence-corrected chi connectivity index (χ2v) is 5.66. The maximum absolute atomic E-state index is 12.0. The first-order valence-corrected chi connectivity index (χ1v) is 7.32. The minimum absolute atomic E-state index is 0.224. The van der Waals surface area contributed by atoms with Crippen LogP contribution >= 0.6 is 0 Å². The Hall–Kier alpha value is -2.42. The van der Waals surface area contributed by atoms with E-state index < -0.39 is 5.41 Å². The Kier molecular flexibility index (Phi) is 4.76. The molecule has 0 saturated heterocycles. The summed E-state index contributed by atoms with van der Waals surface area (Å²) >= 11 is 0. The third-order valence-corrected chi connectivity index (χ3v) is 3.77. The zero-order valence-corrected chi connectivity index (χ0v) is 13.1. The van der Waals surface area contributed by atoms with Crippen LogP contribution in [0.5, 0.6) is 0 Å². The maximum atomic E-state index is 12.0. The highest BCUT2D eigenvalue weighted by atomic mass is 16.5. The molecule has 3 heteroatoms. The van der Waals surface area contributed by atoms with Crippen LogP contribution in [0.4, 0.5) is 0 Å². The zero-order chi connectivity index (χ0) is 16.2. The van der Waals surface area contributed by atoms with E-state index in [1.54, 1.807) is 19.1 Å². The van der Waals surface area contributed by atoms with Crippen LogP contribution in [-0.2, 0) is 14.9 Å². The molecule has 2 aromatic carbocycles. The Labute approximate surface area is 130 Å². The quantitative estimate of drug-likeness (QED) is 0.618. The number of carbonyl (C=O) groups excluding carboxylic acids is 2. The van der Waals surface area contributed by atoms with Gasteiger partial charge in [0.25, 0.3) is 0 Å². The number of rotatable bonds is 5. The third kappa shape index (κ3) is 3.25. The van der Waals surface area contributed by atoms with Crippen LogP contribution in [0.25, 0.3) is 11.1 Å². The van der Waals surface area contributed by atoms with Gasteiger partial charge in [0.1, 0.15) is 6.29 Å². The number of benzene rings is 2. The molecule has 0 radical (unpaired) electrons. The number of esters is 1. The zero-order valence-electron chi connectivity index (χ0n) is 13.1. The first kappa shape index (κ1) is 16.0. The van der Waals surface area contributed by atoms with Gasteiger partial charge in [0.2, 0.25) is 0 Å². The lowest BCUT2D eigenvalue weighted by Crippen LogP contribution is -2.31. The van der Waals surface area contributed by atoms with Gasteiger partial charge in [-0.3, -0.25) is 9.59 Å². The van der Waals surface area contributed by atoms with Gasteiger partial charge in [0.05, 0.1) is 12.0 Å². The van der Waals surface area contributed by atoms with Crippen molar-refractivity contribution in [2.45, 2.75) is 26.2 Å². The molecule has 0 aliphatic heterocycles. The second kappa shape index (κ2) is 6.56. The molecule has 0 unspecified atom stereocenters. The largest absolute Gasteiger partial charge is 0.465 e.